The molecule has 0 atom stereocenters. The lowest BCUT2D eigenvalue weighted by atomic mass is 10.2. The summed E-state index contributed by atoms with van der Waals surface area (Å²) in [6, 6.07) is 15.3. The van der Waals surface area contributed by atoms with Gasteiger partial charge in [0.05, 0.1) is 29.4 Å². The molecule has 0 amide bonds. The molecule has 10 heteroatoms. The number of carbonyl (C=O) groups is 1. The van der Waals surface area contributed by atoms with Crippen molar-refractivity contribution in [1.82, 2.24) is 9.55 Å². The second kappa shape index (κ2) is 8.98. The summed E-state index contributed by atoms with van der Waals surface area (Å²) in [7, 11) is 1.59. The van der Waals surface area contributed by atoms with Crippen LogP contribution >= 0.6 is 11.3 Å². The number of fused-ring (bicyclic) bond motifs is 1. The van der Waals surface area contributed by atoms with Crippen LogP contribution in [0.1, 0.15) is 5.56 Å². The smallest absolute Gasteiger partial charge is 0.326 e. The van der Waals surface area contributed by atoms with Crippen molar-refractivity contribution in [1.29, 1.82) is 0 Å². The Morgan fingerprint density at radius 3 is 2.66 bits per heavy atom. The van der Waals surface area contributed by atoms with Crippen molar-refractivity contribution in [2.24, 2.45) is 0 Å². The van der Waals surface area contributed by atoms with Gasteiger partial charge in [-0.05, 0) is 42.0 Å². The number of methoxy groups -OCH3 is 1. The highest BCUT2D eigenvalue weighted by Crippen LogP contribution is 2.31. The fraction of sp³-hybridized carbons (Fsp3) is 0.136. The first-order valence-corrected chi connectivity index (χ1v) is 10.3. The lowest BCUT2D eigenvalue weighted by Gasteiger charge is -2.07. The predicted molar refractivity (Wildman–Crippen MR) is 119 cm³/mol. The average molecular weight is 451 g/mol. The monoisotopic (exact) mass is 451 g/mol. The molecule has 0 aliphatic rings. The number of ether oxygens (including phenoxy) is 2. The summed E-state index contributed by atoms with van der Waals surface area (Å²) < 4.78 is 11.9. The van der Waals surface area contributed by atoms with Gasteiger partial charge in [-0.15, -0.1) is 11.3 Å². The Balaban J connectivity index is 1.51. The molecule has 0 unspecified atom stereocenters. The minimum Gasteiger partial charge on any atom is -0.497 e. The molecule has 32 heavy (non-hydrogen) atoms. The Kier molecular flexibility index (Phi) is 5.95. The molecule has 9 nitrogen and oxygen atoms in total. The number of thiophene rings is 1. The summed E-state index contributed by atoms with van der Waals surface area (Å²) >= 11 is 1.28. The van der Waals surface area contributed by atoms with E-state index in [0.29, 0.717) is 10.2 Å². The van der Waals surface area contributed by atoms with Crippen molar-refractivity contribution >= 4 is 33.2 Å². The number of benzene rings is 2. The number of para-hydroxylation sites is 1. The summed E-state index contributed by atoms with van der Waals surface area (Å²) in [6.07, 6.45) is 1.29. The summed E-state index contributed by atoms with van der Waals surface area (Å²) in [4.78, 5) is 40.8. The number of nitro benzene ring substituents is 1. The van der Waals surface area contributed by atoms with Crippen LogP contribution in [0.15, 0.2) is 65.7 Å². The topological polar surface area (TPSA) is 114 Å². The molecular weight excluding hydrogens is 434 g/mol. The number of nitro groups is 1. The van der Waals surface area contributed by atoms with Crippen molar-refractivity contribution in [3.05, 3.63) is 87.0 Å². The summed E-state index contributed by atoms with van der Waals surface area (Å²) in [5.74, 6) is 0.0352. The third-order valence-electron chi connectivity index (χ3n) is 4.75. The van der Waals surface area contributed by atoms with Gasteiger partial charge in [0.25, 0.3) is 11.2 Å². The van der Waals surface area contributed by atoms with E-state index in [-0.39, 0.29) is 30.0 Å². The first-order valence-electron chi connectivity index (χ1n) is 9.47. The summed E-state index contributed by atoms with van der Waals surface area (Å²) in [5.41, 5.74) is 1.24. The van der Waals surface area contributed by atoms with Crippen LogP contribution in [0.2, 0.25) is 0 Å². The van der Waals surface area contributed by atoms with E-state index in [2.05, 4.69) is 4.98 Å². The molecule has 0 N–H and O–H groups in total. The lowest BCUT2D eigenvalue weighted by Crippen LogP contribution is -2.25. The fourth-order valence-electron chi connectivity index (χ4n) is 3.11. The van der Waals surface area contributed by atoms with Crippen molar-refractivity contribution < 1.29 is 19.2 Å². The van der Waals surface area contributed by atoms with Crippen LogP contribution in [0.25, 0.3) is 20.7 Å². The Morgan fingerprint density at radius 1 is 1.19 bits per heavy atom. The largest absolute Gasteiger partial charge is 0.497 e. The number of esters is 1. The van der Waals surface area contributed by atoms with E-state index in [9.17, 15) is 19.7 Å². The number of aromatic nitrogens is 2. The van der Waals surface area contributed by atoms with E-state index in [1.807, 2.05) is 30.3 Å². The minimum atomic E-state index is -0.696. The highest BCUT2D eigenvalue weighted by Gasteiger charge is 2.16. The van der Waals surface area contributed by atoms with Crippen molar-refractivity contribution in [3.63, 3.8) is 0 Å². The van der Waals surface area contributed by atoms with E-state index in [4.69, 9.17) is 9.47 Å². The Bertz CT molecular complexity index is 1360. The first-order chi connectivity index (χ1) is 15.5. The molecule has 4 aromatic rings. The van der Waals surface area contributed by atoms with Crippen LogP contribution in [0.3, 0.4) is 0 Å². The van der Waals surface area contributed by atoms with Gasteiger partial charge >= 0.3 is 5.97 Å². The van der Waals surface area contributed by atoms with Crippen molar-refractivity contribution in [2.75, 3.05) is 7.11 Å². The molecule has 2 aromatic heterocycles. The Morgan fingerprint density at radius 2 is 1.94 bits per heavy atom. The quantitative estimate of drug-likeness (QED) is 0.239. The van der Waals surface area contributed by atoms with Gasteiger partial charge in [-0.3, -0.25) is 24.3 Å². The number of rotatable bonds is 7. The highest BCUT2D eigenvalue weighted by atomic mass is 32.1. The Labute approximate surface area is 185 Å². The number of carbonyl (C=O) groups excluding carboxylic acids is 1. The van der Waals surface area contributed by atoms with Gasteiger partial charge in [0.15, 0.2) is 0 Å². The van der Waals surface area contributed by atoms with E-state index in [1.54, 1.807) is 13.2 Å². The zero-order chi connectivity index (χ0) is 22.7. The first kappa shape index (κ1) is 21.2. The molecule has 0 spiro atoms. The van der Waals surface area contributed by atoms with Gasteiger partial charge in [0.2, 0.25) is 0 Å². The SMILES string of the molecule is COc1ccc(-c2cc3ncn(CC(=O)OCc4ccccc4[N+](=O)[O-])c(=O)c3s2)cc1. The maximum atomic E-state index is 12.8. The zero-order valence-corrected chi connectivity index (χ0v) is 17.7. The summed E-state index contributed by atoms with van der Waals surface area (Å²) in [6.45, 7) is -0.612. The molecule has 2 aromatic carbocycles. The summed E-state index contributed by atoms with van der Waals surface area (Å²) in [5, 5.41) is 11.1. The van der Waals surface area contributed by atoms with Crippen molar-refractivity contribution in [2.45, 2.75) is 13.2 Å². The second-order valence-corrected chi connectivity index (χ2v) is 7.83. The van der Waals surface area contributed by atoms with Crippen LogP contribution in [-0.2, 0) is 22.7 Å². The van der Waals surface area contributed by atoms with E-state index < -0.39 is 10.9 Å². The van der Waals surface area contributed by atoms with E-state index in [1.165, 1.54) is 40.4 Å². The van der Waals surface area contributed by atoms with Gasteiger partial charge in [-0.25, -0.2) is 4.98 Å². The molecule has 0 bridgehead atoms. The maximum Gasteiger partial charge on any atom is 0.326 e. The van der Waals surface area contributed by atoms with Gasteiger partial charge in [0.1, 0.15) is 23.6 Å². The molecule has 0 saturated carbocycles. The zero-order valence-electron chi connectivity index (χ0n) is 16.9. The molecule has 0 saturated heterocycles. The molecule has 0 radical (unpaired) electrons. The Hall–Kier alpha value is -4.05. The fourth-order valence-corrected chi connectivity index (χ4v) is 4.17. The second-order valence-electron chi connectivity index (χ2n) is 6.78. The number of hydrogen-bond donors (Lipinski definition) is 0. The average Bonchev–Trinajstić information content (AvgIpc) is 3.25. The van der Waals surface area contributed by atoms with Crippen LogP contribution in [0.4, 0.5) is 5.69 Å². The van der Waals surface area contributed by atoms with E-state index >= 15 is 0 Å². The third-order valence-corrected chi connectivity index (χ3v) is 5.92. The van der Waals surface area contributed by atoms with E-state index in [0.717, 1.165) is 16.2 Å². The van der Waals surface area contributed by atoms with Crippen LogP contribution in [0, 0.1) is 10.1 Å². The van der Waals surface area contributed by atoms with Gasteiger partial charge < -0.3 is 9.47 Å². The number of hydrogen-bond acceptors (Lipinski definition) is 8. The van der Waals surface area contributed by atoms with Crippen molar-refractivity contribution in [3.8, 4) is 16.2 Å². The highest BCUT2D eigenvalue weighted by molar-refractivity contribution is 7.22. The van der Waals surface area contributed by atoms with Crippen LogP contribution < -0.4 is 10.3 Å². The van der Waals surface area contributed by atoms with Gasteiger partial charge in [-0.2, -0.15) is 0 Å². The molecule has 0 aliphatic carbocycles. The number of nitrogens with zero attached hydrogens (tertiary/aromatic N) is 3. The molecule has 2 heterocycles. The molecule has 4 rings (SSSR count). The van der Waals surface area contributed by atoms with Crippen LogP contribution in [0.5, 0.6) is 5.75 Å². The maximum absolute atomic E-state index is 12.8. The molecule has 0 fully saturated rings. The molecule has 162 valence electrons. The minimum absolute atomic E-state index is 0.134. The lowest BCUT2D eigenvalue weighted by molar-refractivity contribution is -0.385. The normalized spacial score (nSPS) is 10.8. The van der Waals surface area contributed by atoms with Crippen LogP contribution in [-0.4, -0.2) is 27.6 Å². The van der Waals surface area contributed by atoms with Gasteiger partial charge in [-0.1, -0.05) is 12.1 Å². The van der Waals surface area contributed by atoms with Gasteiger partial charge in [0, 0.05) is 10.9 Å². The third kappa shape index (κ3) is 4.35. The standard InChI is InChI=1S/C22H17N3O6S/c1-30-16-8-6-14(7-9-16)19-10-17-21(32-19)22(27)24(13-23-17)11-20(26)31-12-15-4-2-3-5-18(15)25(28)29/h2-10,13H,11-12H2,1H3. The predicted octanol–water partition coefficient (Wildman–Crippen LogP) is 3.79. The molecular formula is C22H17N3O6S. The molecule has 0 aliphatic heterocycles.